The molecule has 0 amide bonds. The van der Waals surface area contributed by atoms with Crippen LogP contribution < -0.4 is 19.6 Å². The highest BCUT2D eigenvalue weighted by Crippen LogP contribution is 2.59. The van der Waals surface area contributed by atoms with Crippen LogP contribution in [0.2, 0.25) is 0 Å². The predicted octanol–water partition coefficient (Wildman–Crippen LogP) is 14.1. The minimum atomic E-state index is 0.0359. The Morgan fingerprint density at radius 2 is 1.18 bits per heavy atom. The van der Waals surface area contributed by atoms with Crippen LogP contribution in [0.1, 0.15) is 93.4 Å². The van der Waals surface area contributed by atoms with E-state index < -0.39 is 0 Å². The molecule has 6 aromatic rings. The van der Waals surface area contributed by atoms with Gasteiger partial charge in [0.05, 0.1) is 22.7 Å². The summed E-state index contributed by atoms with van der Waals surface area (Å²) in [5, 5.41) is 0. The van der Waals surface area contributed by atoms with Gasteiger partial charge in [-0.2, -0.15) is 0 Å². The van der Waals surface area contributed by atoms with E-state index >= 15 is 0 Å². The summed E-state index contributed by atoms with van der Waals surface area (Å²) in [6.07, 6.45) is 10.6. The molecule has 0 radical (unpaired) electrons. The Morgan fingerprint density at radius 1 is 0.583 bits per heavy atom. The van der Waals surface area contributed by atoms with E-state index in [0.29, 0.717) is 11.8 Å². The van der Waals surface area contributed by atoms with Crippen LogP contribution in [-0.4, -0.2) is 26.4 Å². The Hall–Kier alpha value is -5.74. The van der Waals surface area contributed by atoms with Gasteiger partial charge in [-0.15, -0.1) is 0 Å². The Bertz CT molecular complexity index is 2630. The van der Waals surface area contributed by atoms with Crippen LogP contribution in [0.5, 0.6) is 0 Å². The zero-order valence-corrected chi connectivity index (χ0v) is 35.9. The Kier molecular flexibility index (Phi) is 8.99. The number of hydrogen-bond donors (Lipinski definition) is 0. The molecule has 11 rings (SSSR count). The van der Waals surface area contributed by atoms with Crippen molar-refractivity contribution in [3.05, 3.63) is 168 Å². The summed E-state index contributed by atoms with van der Waals surface area (Å²) in [4.78, 5) is 10.3. The van der Waals surface area contributed by atoms with E-state index in [4.69, 9.17) is 6.58 Å². The van der Waals surface area contributed by atoms with Crippen LogP contribution in [0.4, 0.5) is 34.1 Å². The maximum absolute atomic E-state index is 5.02. The second-order valence-corrected chi connectivity index (χ2v) is 18.4. The number of fused-ring (bicyclic) bond motifs is 16. The summed E-state index contributed by atoms with van der Waals surface area (Å²) in [5.74, 6) is 0.669. The monoisotopic (exact) mass is 786 g/mol. The lowest BCUT2D eigenvalue weighted by Gasteiger charge is -2.48. The molecule has 0 aromatic heterocycles. The molecule has 302 valence electrons. The smallest absolute Gasteiger partial charge is 0.128 e. The maximum Gasteiger partial charge on any atom is 0.128 e. The van der Waals surface area contributed by atoms with Crippen molar-refractivity contribution in [1.29, 1.82) is 0 Å². The zero-order chi connectivity index (χ0) is 40.7. The SMILES string of the molecule is C=C1CC2C(CCc3ccccc3N3c4ccccc4N(C)C13)c1cc(-c3ccc4c(c3)C(CCCC)(CCCC)c3ccccc3-4)ccc1N1c3ccccc3N(C)C21. The van der Waals surface area contributed by atoms with Crippen molar-refractivity contribution in [3.63, 3.8) is 0 Å². The second-order valence-electron chi connectivity index (χ2n) is 18.4. The van der Waals surface area contributed by atoms with Gasteiger partial charge in [-0.25, -0.2) is 0 Å². The van der Waals surface area contributed by atoms with Crippen molar-refractivity contribution < 1.29 is 0 Å². The zero-order valence-electron chi connectivity index (χ0n) is 35.9. The fourth-order valence-corrected chi connectivity index (χ4v) is 12.5. The largest absolute Gasteiger partial charge is 0.352 e. The Labute approximate surface area is 357 Å². The lowest BCUT2D eigenvalue weighted by molar-refractivity contribution is 0.313. The van der Waals surface area contributed by atoms with Gasteiger partial charge < -0.3 is 19.6 Å². The summed E-state index contributed by atoms with van der Waals surface area (Å²) >= 11 is 0. The van der Waals surface area contributed by atoms with Crippen LogP contribution in [0, 0.1) is 5.92 Å². The molecule has 4 heteroatoms. The molecule has 0 saturated carbocycles. The molecule has 5 aliphatic rings. The van der Waals surface area contributed by atoms with E-state index in [1.54, 1.807) is 11.1 Å². The van der Waals surface area contributed by atoms with Crippen LogP contribution >= 0.6 is 0 Å². The molecule has 4 heterocycles. The molecule has 4 nitrogen and oxygen atoms in total. The molecular formula is C56H58N4. The normalized spacial score (nSPS) is 21.6. The number of aryl methyl sites for hydroxylation is 1. The third-order valence-corrected chi connectivity index (χ3v) is 15.3. The molecule has 6 aromatic carbocycles. The van der Waals surface area contributed by atoms with Gasteiger partial charge >= 0.3 is 0 Å². The van der Waals surface area contributed by atoms with Crippen LogP contribution in [-0.2, 0) is 11.8 Å². The van der Waals surface area contributed by atoms with Gasteiger partial charge in [0.15, 0.2) is 0 Å². The third kappa shape index (κ3) is 5.41. The minimum absolute atomic E-state index is 0.0359. The van der Waals surface area contributed by atoms with Gasteiger partial charge in [0, 0.05) is 36.8 Å². The van der Waals surface area contributed by atoms with Crippen molar-refractivity contribution in [2.45, 2.75) is 95.3 Å². The summed E-state index contributed by atoms with van der Waals surface area (Å²) in [6, 6.07) is 51.5. The van der Waals surface area contributed by atoms with Crippen LogP contribution in [0.15, 0.2) is 146 Å². The van der Waals surface area contributed by atoms with Crippen molar-refractivity contribution in [2.75, 3.05) is 33.7 Å². The van der Waals surface area contributed by atoms with Crippen molar-refractivity contribution in [1.82, 2.24) is 0 Å². The Balaban J connectivity index is 1.07. The fraction of sp³-hybridized carbons (Fsp3) is 0.321. The van der Waals surface area contributed by atoms with Crippen LogP contribution in [0.25, 0.3) is 22.3 Å². The summed E-state index contributed by atoms with van der Waals surface area (Å²) < 4.78 is 0. The molecule has 0 N–H and O–H groups in total. The van der Waals surface area contributed by atoms with E-state index in [-0.39, 0.29) is 17.7 Å². The summed E-state index contributed by atoms with van der Waals surface area (Å²) in [7, 11) is 4.59. The number of nitrogens with zero attached hydrogens (tertiary/aromatic N) is 4. The number of benzene rings is 6. The maximum atomic E-state index is 5.02. The average Bonchev–Trinajstić information content (AvgIpc) is 3.87. The first-order valence-electron chi connectivity index (χ1n) is 22.8. The fourth-order valence-electron chi connectivity index (χ4n) is 12.5. The van der Waals surface area contributed by atoms with Gasteiger partial charge in [0.1, 0.15) is 12.3 Å². The van der Waals surface area contributed by atoms with E-state index in [0.717, 1.165) is 19.3 Å². The van der Waals surface area contributed by atoms with E-state index in [9.17, 15) is 0 Å². The number of unbranched alkanes of at least 4 members (excludes halogenated alkanes) is 2. The topological polar surface area (TPSA) is 13.0 Å². The molecule has 0 saturated heterocycles. The third-order valence-electron chi connectivity index (χ3n) is 15.3. The van der Waals surface area contributed by atoms with Gasteiger partial charge in [0.25, 0.3) is 0 Å². The van der Waals surface area contributed by atoms with Gasteiger partial charge in [-0.1, -0.05) is 131 Å². The second kappa shape index (κ2) is 14.5. The highest BCUT2D eigenvalue weighted by molar-refractivity contribution is 5.89. The lowest BCUT2D eigenvalue weighted by atomic mass is 9.70. The molecular weight excluding hydrogens is 729 g/mol. The number of para-hydroxylation sites is 5. The highest BCUT2D eigenvalue weighted by atomic mass is 15.4. The number of anilines is 6. The number of hydrogen-bond acceptors (Lipinski definition) is 4. The molecule has 1 aliphatic carbocycles. The highest BCUT2D eigenvalue weighted by Gasteiger charge is 2.50. The lowest BCUT2D eigenvalue weighted by Crippen LogP contribution is -2.51. The number of rotatable bonds is 7. The standard InChI is InChI=1S/C56H58N4/c1-6-8-32-56(33-9-7-2)46-20-12-11-19-42(46)43-30-27-40(36-47(43)56)39-28-31-49-44(35-39)41-29-26-38-18-10-13-21-48(38)59-52-24-16-14-22-50(52)57(4)54(59)37(3)34-45(41)55-58(5)51-23-15-17-25-53(51)60(49)55/h10-25,27-28,30-31,35-36,41,45,54-55H,3,6-9,26,29,32-34H2,1-2,4-5H3. The van der Waals surface area contributed by atoms with Crippen molar-refractivity contribution >= 4 is 34.1 Å². The van der Waals surface area contributed by atoms with E-state index in [1.807, 2.05) is 0 Å². The first-order chi connectivity index (χ1) is 29.4. The molecule has 60 heavy (non-hydrogen) atoms. The van der Waals surface area contributed by atoms with Crippen molar-refractivity contribution in [3.8, 4) is 22.3 Å². The van der Waals surface area contributed by atoms with Crippen LogP contribution in [0.3, 0.4) is 0 Å². The van der Waals surface area contributed by atoms with Gasteiger partial charge in [0.2, 0.25) is 0 Å². The molecule has 0 fully saturated rings. The predicted molar refractivity (Wildman–Crippen MR) is 253 cm³/mol. The summed E-state index contributed by atoms with van der Waals surface area (Å²) in [6.45, 7) is 9.72. The number of likely N-dealkylation sites (N-methyl/N-ethyl adjacent to an activating group) is 1. The average molecular weight is 787 g/mol. The van der Waals surface area contributed by atoms with E-state index in [1.165, 1.54) is 112 Å². The van der Waals surface area contributed by atoms with E-state index in [2.05, 4.69) is 181 Å². The molecule has 4 aliphatic heterocycles. The first-order valence-corrected chi connectivity index (χ1v) is 22.8. The van der Waals surface area contributed by atoms with Crippen molar-refractivity contribution in [2.24, 2.45) is 5.92 Å². The van der Waals surface area contributed by atoms with Gasteiger partial charge in [-0.3, -0.25) is 0 Å². The molecule has 0 bridgehead atoms. The molecule has 0 spiro atoms. The quantitative estimate of drug-likeness (QED) is 0.149. The summed E-state index contributed by atoms with van der Waals surface area (Å²) in [5.41, 5.74) is 20.7. The minimum Gasteiger partial charge on any atom is -0.352 e. The molecule has 4 atom stereocenters. The Morgan fingerprint density at radius 3 is 1.93 bits per heavy atom. The van der Waals surface area contributed by atoms with Gasteiger partial charge in [-0.05, 0) is 137 Å². The molecule has 4 unspecified atom stereocenters. The first kappa shape index (κ1) is 37.3.